The Bertz CT molecular complexity index is 933. The van der Waals surface area contributed by atoms with Crippen molar-refractivity contribution in [3.05, 3.63) is 0 Å². The lowest BCUT2D eigenvalue weighted by Gasteiger charge is -2.49. The molecule has 12 heteroatoms. The molecule has 4 heterocycles. The van der Waals surface area contributed by atoms with Crippen LogP contribution in [0.2, 0.25) is 0 Å². The smallest absolute Gasteiger partial charge is 0.320 e. The second-order valence-electron chi connectivity index (χ2n) is 14.1. The second kappa shape index (κ2) is 17.0. The molecule has 0 spiro atoms. The maximum absolute atomic E-state index is 13.9. The average molecular weight is 647 g/mol. The Labute approximate surface area is 277 Å². The van der Waals surface area contributed by atoms with Crippen molar-refractivity contribution in [2.24, 2.45) is 11.5 Å². The lowest BCUT2D eigenvalue weighted by molar-refractivity contribution is -0.135. The van der Waals surface area contributed by atoms with Crippen molar-refractivity contribution in [3.8, 4) is 0 Å². The Kier molecular flexibility index (Phi) is 13.4. The Morgan fingerprint density at radius 1 is 0.522 bits per heavy atom. The van der Waals surface area contributed by atoms with Crippen LogP contribution in [0.15, 0.2) is 0 Å². The Morgan fingerprint density at radius 2 is 0.848 bits per heavy atom. The summed E-state index contributed by atoms with van der Waals surface area (Å²) in [6.45, 7) is 12.0. The molecule has 0 aromatic heterocycles. The summed E-state index contributed by atoms with van der Waals surface area (Å²) >= 11 is 0. The van der Waals surface area contributed by atoms with Crippen LogP contribution in [0.5, 0.6) is 0 Å². The standard InChI is InChI=1S/C34H62N8O4/c1-3-5-17-37(31(45)39-23-13-33(14-24-39,29(35)43)41-19-9-7-10-20-41)27-28-38(18-6-4-2)32(46)40-25-15-34(16-26-40,30(36)44)42-21-11-8-12-22-42/h3-28H2,1-2H3,(H2,35,43)(H2,36,44). The van der Waals surface area contributed by atoms with Crippen LogP contribution < -0.4 is 11.5 Å². The highest BCUT2D eigenvalue weighted by Gasteiger charge is 2.47. The first-order valence-electron chi connectivity index (χ1n) is 18.4. The lowest BCUT2D eigenvalue weighted by atomic mass is 9.83. The number of likely N-dealkylation sites (tertiary alicyclic amines) is 4. The average Bonchev–Trinajstić information content (AvgIpc) is 3.09. The summed E-state index contributed by atoms with van der Waals surface area (Å²) in [6, 6.07) is -0.0300. The van der Waals surface area contributed by atoms with Crippen molar-refractivity contribution in [3.63, 3.8) is 0 Å². The van der Waals surface area contributed by atoms with Crippen LogP contribution in [0, 0.1) is 0 Å². The maximum atomic E-state index is 13.9. The van der Waals surface area contributed by atoms with E-state index in [4.69, 9.17) is 11.5 Å². The predicted molar refractivity (Wildman–Crippen MR) is 180 cm³/mol. The molecule has 0 radical (unpaired) electrons. The molecule has 0 bridgehead atoms. The molecule has 6 amide bonds. The Morgan fingerprint density at radius 3 is 1.13 bits per heavy atom. The number of nitrogens with two attached hydrogens (primary N) is 2. The van der Waals surface area contributed by atoms with Crippen molar-refractivity contribution in [2.45, 2.75) is 115 Å². The van der Waals surface area contributed by atoms with Crippen molar-refractivity contribution in [1.82, 2.24) is 29.4 Å². The van der Waals surface area contributed by atoms with Gasteiger partial charge in [-0.3, -0.25) is 19.4 Å². The van der Waals surface area contributed by atoms with Crippen molar-refractivity contribution < 1.29 is 19.2 Å². The normalized spacial score (nSPS) is 22.3. The first-order valence-corrected chi connectivity index (χ1v) is 18.4. The highest BCUT2D eigenvalue weighted by molar-refractivity contribution is 5.86. The SMILES string of the molecule is CCCCN(CCN(CCCC)C(=O)N1CCC(C(N)=O)(N2CCCCC2)CC1)C(=O)N1CCC(C(N)=O)(N2CCCCC2)CC1. The number of carbonyl (C=O) groups is 4. The molecular weight excluding hydrogens is 584 g/mol. The van der Waals surface area contributed by atoms with Crippen LogP contribution >= 0.6 is 0 Å². The van der Waals surface area contributed by atoms with Crippen LogP contribution in [-0.2, 0) is 9.59 Å². The van der Waals surface area contributed by atoms with E-state index in [1.165, 1.54) is 12.8 Å². The molecule has 0 aromatic rings. The van der Waals surface area contributed by atoms with Crippen molar-refractivity contribution >= 4 is 23.9 Å². The minimum atomic E-state index is -0.663. The fourth-order valence-corrected chi connectivity index (χ4v) is 8.16. The molecular formula is C34H62N8O4. The molecule has 4 aliphatic rings. The number of primary amides is 2. The maximum Gasteiger partial charge on any atom is 0.320 e. The van der Waals surface area contributed by atoms with E-state index in [1.807, 2.05) is 19.6 Å². The summed E-state index contributed by atoms with van der Waals surface area (Å²) in [5.74, 6) is -0.535. The number of hydrogen-bond acceptors (Lipinski definition) is 6. The third kappa shape index (κ3) is 8.27. The fourth-order valence-electron chi connectivity index (χ4n) is 8.16. The van der Waals surface area contributed by atoms with Gasteiger partial charge in [-0.05, 0) is 90.4 Å². The first kappa shape index (κ1) is 36.2. The summed E-state index contributed by atoms with van der Waals surface area (Å²) in [5.41, 5.74) is 10.7. The fraction of sp³-hybridized carbons (Fsp3) is 0.882. The third-order valence-corrected chi connectivity index (χ3v) is 11.3. The summed E-state index contributed by atoms with van der Waals surface area (Å²) in [7, 11) is 0. The Balaban J connectivity index is 1.37. The molecule has 0 aromatic carbocycles. The van der Waals surface area contributed by atoms with Gasteiger partial charge in [0.15, 0.2) is 0 Å². The van der Waals surface area contributed by atoms with Crippen LogP contribution in [0.4, 0.5) is 9.59 Å². The molecule has 0 aliphatic carbocycles. The van der Waals surface area contributed by atoms with Gasteiger partial charge in [-0.2, -0.15) is 0 Å². The molecule has 0 unspecified atom stereocenters. The largest absolute Gasteiger partial charge is 0.368 e. The molecule has 46 heavy (non-hydrogen) atoms. The van der Waals surface area contributed by atoms with Gasteiger partial charge in [-0.1, -0.05) is 39.5 Å². The molecule has 4 aliphatic heterocycles. The van der Waals surface area contributed by atoms with E-state index in [0.717, 1.165) is 77.5 Å². The van der Waals surface area contributed by atoms with Gasteiger partial charge in [0.25, 0.3) is 0 Å². The molecule has 4 rings (SSSR count). The molecule has 4 fully saturated rings. The molecule has 4 saturated heterocycles. The van der Waals surface area contributed by atoms with E-state index in [-0.39, 0.29) is 23.9 Å². The van der Waals surface area contributed by atoms with Gasteiger partial charge >= 0.3 is 12.1 Å². The van der Waals surface area contributed by atoms with Gasteiger partial charge in [0.05, 0.1) is 0 Å². The van der Waals surface area contributed by atoms with Gasteiger partial charge in [0.1, 0.15) is 11.1 Å². The summed E-state index contributed by atoms with van der Waals surface area (Å²) in [5, 5.41) is 0. The van der Waals surface area contributed by atoms with Gasteiger partial charge in [0.2, 0.25) is 11.8 Å². The zero-order valence-corrected chi connectivity index (χ0v) is 28.9. The molecule has 4 N–H and O–H groups in total. The van der Waals surface area contributed by atoms with Crippen LogP contribution in [0.1, 0.15) is 104 Å². The van der Waals surface area contributed by atoms with Crippen LogP contribution in [0.3, 0.4) is 0 Å². The van der Waals surface area contributed by atoms with Crippen LogP contribution in [-0.4, -0.2) is 143 Å². The Hall–Kier alpha value is -2.60. The second-order valence-corrected chi connectivity index (χ2v) is 14.1. The third-order valence-electron chi connectivity index (χ3n) is 11.3. The van der Waals surface area contributed by atoms with E-state index in [2.05, 4.69) is 23.6 Å². The van der Waals surface area contributed by atoms with Crippen molar-refractivity contribution in [2.75, 3.05) is 78.5 Å². The van der Waals surface area contributed by atoms with Gasteiger partial charge in [0, 0.05) is 52.4 Å². The molecule has 262 valence electrons. The predicted octanol–water partition coefficient (Wildman–Crippen LogP) is 3.04. The highest BCUT2D eigenvalue weighted by atomic mass is 16.2. The van der Waals surface area contributed by atoms with E-state index in [0.29, 0.717) is 78.0 Å². The molecule has 12 nitrogen and oxygen atoms in total. The van der Waals surface area contributed by atoms with Crippen molar-refractivity contribution in [1.29, 1.82) is 0 Å². The summed E-state index contributed by atoms with van der Waals surface area (Å²) in [4.78, 5) is 65.4. The number of rotatable bonds is 13. The zero-order valence-electron chi connectivity index (χ0n) is 28.9. The topological polar surface area (TPSA) is 140 Å². The number of hydrogen-bond donors (Lipinski definition) is 2. The van der Waals surface area contributed by atoms with Gasteiger partial charge < -0.3 is 31.1 Å². The highest BCUT2D eigenvalue weighted by Crippen LogP contribution is 2.33. The number of nitrogens with zero attached hydrogens (tertiary/aromatic N) is 6. The van der Waals surface area contributed by atoms with E-state index < -0.39 is 11.1 Å². The van der Waals surface area contributed by atoms with Gasteiger partial charge in [-0.25, -0.2) is 9.59 Å². The minimum Gasteiger partial charge on any atom is -0.368 e. The molecule has 0 saturated carbocycles. The number of piperidine rings is 4. The van der Waals surface area contributed by atoms with Crippen LogP contribution in [0.25, 0.3) is 0 Å². The molecule has 0 atom stereocenters. The number of amides is 6. The summed E-state index contributed by atoms with van der Waals surface area (Å²) in [6.07, 6.45) is 12.7. The zero-order chi connectivity index (χ0) is 33.2. The van der Waals surface area contributed by atoms with E-state index in [9.17, 15) is 19.2 Å². The summed E-state index contributed by atoms with van der Waals surface area (Å²) < 4.78 is 0. The minimum absolute atomic E-state index is 0.0150. The van der Waals surface area contributed by atoms with Gasteiger partial charge in [-0.15, -0.1) is 0 Å². The van der Waals surface area contributed by atoms with E-state index >= 15 is 0 Å². The van der Waals surface area contributed by atoms with E-state index in [1.54, 1.807) is 0 Å². The number of carbonyl (C=O) groups excluding carboxylic acids is 4. The monoisotopic (exact) mass is 646 g/mol. The first-order chi connectivity index (χ1) is 22.2. The lowest BCUT2D eigenvalue weighted by Crippen LogP contribution is -2.64. The quantitative estimate of drug-likeness (QED) is 0.315. The number of urea groups is 2. The number of unbranched alkanes of at least 4 members (excludes halogenated alkanes) is 2.